The SMILES string of the molecule is CCOc1ccc(C[C@H](C)CN2C[C@H]3CCCC[C@@H]3[C@H](C(=O)N3CCN(c4ccc(F)c(F)c4)CC3)C2)cn1. The number of benzene rings is 1. The Morgan fingerprint density at radius 3 is 2.56 bits per heavy atom. The lowest BCUT2D eigenvalue weighted by atomic mass is 9.69. The number of amides is 1. The van der Waals surface area contributed by atoms with Crippen molar-refractivity contribution in [3.63, 3.8) is 0 Å². The summed E-state index contributed by atoms with van der Waals surface area (Å²) >= 11 is 0. The Morgan fingerprint density at radius 2 is 1.85 bits per heavy atom. The van der Waals surface area contributed by atoms with Crippen LogP contribution in [-0.4, -0.2) is 73.1 Å². The summed E-state index contributed by atoms with van der Waals surface area (Å²) in [7, 11) is 0. The topological polar surface area (TPSA) is 48.9 Å². The molecule has 3 heterocycles. The minimum absolute atomic E-state index is 0.0400. The van der Waals surface area contributed by atoms with Gasteiger partial charge in [-0.1, -0.05) is 25.8 Å². The van der Waals surface area contributed by atoms with Crippen LogP contribution in [0.3, 0.4) is 0 Å². The Bertz CT molecular complexity index is 1110. The Kier molecular flexibility index (Phi) is 9.00. The molecule has 2 aliphatic heterocycles. The maximum absolute atomic E-state index is 13.9. The predicted molar refractivity (Wildman–Crippen MR) is 149 cm³/mol. The van der Waals surface area contributed by atoms with Gasteiger partial charge in [-0.15, -0.1) is 0 Å². The van der Waals surface area contributed by atoms with Crippen LogP contribution in [-0.2, 0) is 11.2 Å². The third kappa shape index (κ3) is 6.71. The Balaban J connectivity index is 1.19. The molecule has 0 bridgehead atoms. The molecule has 1 aromatic heterocycles. The van der Waals surface area contributed by atoms with E-state index in [0.717, 1.165) is 32.5 Å². The lowest BCUT2D eigenvalue weighted by Crippen LogP contribution is -2.57. The zero-order valence-electron chi connectivity index (χ0n) is 23.3. The number of fused-ring (bicyclic) bond motifs is 1. The number of piperidine rings is 1. The molecule has 3 fully saturated rings. The fraction of sp³-hybridized carbons (Fsp3) is 0.613. The number of ether oxygens (including phenoxy) is 1. The van der Waals surface area contributed by atoms with Crippen molar-refractivity contribution in [1.29, 1.82) is 0 Å². The second-order valence-electron chi connectivity index (χ2n) is 11.7. The second-order valence-corrected chi connectivity index (χ2v) is 11.7. The normalized spacial score (nSPS) is 24.8. The molecule has 4 atom stereocenters. The lowest BCUT2D eigenvalue weighted by Gasteiger charge is -2.48. The lowest BCUT2D eigenvalue weighted by molar-refractivity contribution is -0.142. The van der Waals surface area contributed by atoms with Gasteiger partial charge in [0.2, 0.25) is 11.8 Å². The summed E-state index contributed by atoms with van der Waals surface area (Å²) < 4.78 is 32.6. The number of piperazine rings is 1. The first kappa shape index (κ1) is 27.8. The second kappa shape index (κ2) is 12.6. The van der Waals surface area contributed by atoms with Crippen LogP contribution >= 0.6 is 0 Å². The van der Waals surface area contributed by atoms with Crippen LogP contribution in [0.2, 0.25) is 0 Å². The molecule has 5 rings (SSSR count). The molecule has 0 unspecified atom stereocenters. The van der Waals surface area contributed by atoms with E-state index < -0.39 is 11.6 Å². The smallest absolute Gasteiger partial charge is 0.227 e. The zero-order chi connectivity index (χ0) is 27.4. The van der Waals surface area contributed by atoms with Gasteiger partial charge in [-0.3, -0.25) is 4.79 Å². The largest absolute Gasteiger partial charge is 0.478 e. The molecule has 8 heteroatoms. The third-order valence-corrected chi connectivity index (χ3v) is 8.85. The minimum atomic E-state index is -0.832. The van der Waals surface area contributed by atoms with E-state index >= 15 is 0 Å². The molecule has 1 saturated carbocycles. The fourth-order valence-corrected chi connectivity index (χ4v) is 7.00. The summed E-state index contributed by atoms with van der Waals surface area (Å²) in [6.07, 6.45) is 7.71. The van der Waals surface area contributed by atoms with Crippen molar-refractivity contribution >= 4 is 11.6 Å². The Hall–Kier alpha value is -2.74. The number of anilines is 1. The van der Waals surface area contributed by atoms with Gasteiger partial charge < -0.3 is 19.4 Å². The molecule has 1 aliphatic carbocycles. The van der Waals surface area contributed by atoms with Gasteiger partial charge in [0.15, 0.2) is 11.6 Å². The fourth-order valence-electron chi connectivity index (χ4n) is 7.00. The molecule has 212 valence electrons. The maximum Gasteiger partial charge on any atom is 0.227 e. The first-order valence-corrected chi connectivity index (χ1v) is 14.7. The van der Waals surface area contributed by atoms with Gasteiger partial charge in [0.25, 0.3) is 0 Å². The standard InChI is InChI=1S/C31H42F2N4O2/c1-3-39-30-11-8-23(18-34-30)16-22(2)19-35-20-24-6-4-5-7-26(24)27(21-35)31(38)37-14-12-36(13-15-37)25-9-10-28(32)29(33)17-25/h8-11,17-18,22,24,26-27H,3-7,12-16,19-21H2,1-2H3/t22-,24+,26-,27+/m0/s1. The van der Waals surface area contributed by atoms with E-state index in [1.54, 1.807) is 6.07 Å². The van der Waals surface area contributed by atoms with Crippen LogP contribution in [0.1, 0.15) is 45.1 Å². The first-order chi connectivity index (χ1) is 18.9. The van der Waals surface area contributed by atoms with Gasteiger partial charge in [-0.05, 0) is 61.6 Å². The maximum atomic E-state index is 13.9. The summed E-state index contributed by atoms with van der Waals surface area (Å²) in [6, 6.07) is 8.10. The molecule has 1 aromatic carbocycles. The molecule has 1 amide bonds. The van der Waals surface area contributed by atoms with Crippen LogP contribution in [0.5, 0.6) is 5.88 Å². The van der Waals surface area contributed by atoms with E-state index in [1.165, 1.54) is 37.0 Å². The average molecular weight is 541 g/mol. The highest BCUT2D eigenvalue weighted by Crippen LogP contribution is 2.40. The Labute approximate surface area is 231 Å². The Morgan fingerprint density at radius 1 is 1.05 bits per heavy atom. The molecule has 2 saturated heterocycles. The van der Waals surface area contributed by atoms with Crippen LogP contribution < -0.4 is 9.64 Å². The zero-order valence-corrected chi connectivity index (χ0v) is 23.3. The van der Waals surface area contributed by atoms with Crippen molar-refractivity contribution in [1.82, 2.24) is 14.8 Å². The molecule has 6 nitrogen and oxygen atoms in total. The molecular formula is C31H42F2N4O2. The van der Waals surface area contributed by atoms with Crippen molar-refractivity contribution < 1.29 is 18.3 Å². The van der Waals surface area contributed by atoms with Gasteiger partial charge in [0.05, 0.1) is 12.5 Å². The van der Waals surface area contributed by atoms with E-state index in [2.05, 4.69) is 22.9 Å². The van der Waals surface area contributed by atoms with Gasteiger partial charge in [0.1, 0.15) is 0 Å². The average Bonchev–Trinajstić information content (AvgIpc) is 2.95. The van der Waals surface area contributed by atoms with Gasteiger partial charge in [-0.25, -0.2) is 13.8 Å². The number of carbonyl (C=O) groups excluding carboxylic acids is 1. The van der Waals surface area contributed by atoms with Crippen LogP contribution in [0.4, 0.5) is 14.5 Å². The van der Waals surface area contributed by atoms with Crippen molar-refractivity contribution in [2.75, 3.05) is 57.3 Å². The number of nitrogens with zero attached hydrogens (tertiary/aromatic N) is 4. The van der Waals surface area contributed by atoms with Crippen LogP contribution in [0, 0.1) is 35.3 Å². The number of pyridine rings is 1. The van der Waals surface area contributed by atoms with E-state index in [0.29, 0.717) is 62.1 Å². The highest BCUT2D eigenvalue weighted by Gasteiger charge is 2.43. The molecule has 3 aliphatic rings. The number of rotatable bonds is 8. The molecule has 0 radical (unpaired) electrons. The highest BCUT2D eigenvalue weighted by atomic mass is 19.2. The van der Waals surface area contributed by atoms with Gasteiger partial charge in [0, 0.05) is 69.8 Å². The van der Waals surface area contributed by atoms with Crippen molar-refractivity contribution in [3.05, 3.63) is 53.7 Å². The quantitative estimate of drug-likeness (QED) is 0.471. The molecule has 0 spiro atoms. The summed E-state index contributed by atoms with van der Waals surface area (Å²) in [4.78, 5) is 24.9. The summed E-state index contributed by atoms with van der Waals surface area (Å²) in [5.74, 6) is 0.844. The van der Waals surface area contributed by atoms with Crippen molar-refractivity contribution in [3.8, 4) is 5.88 Å². The van der Waals surface area contributed by atoms with E-state index in [4.69, 9.17) is 4.74 Å². The number of hydrogen-bond donors (Lipinski definition) is 0. The summed E-state index contributed by atoms with van der Waals surface area (Å²) in [6.45, 7) is 10.3. The van der Waals surface area contributed by atoms with Gasteiger partial charge in [-0.2, -0.15) is 0 Å². The van der Waals surface area contributed by atoms with E-state index in [9.17, 15) is 13.6 Å². The third-order valence-electron chi connectivity index (χ3n) is 8.85. The summed E-state index contributed by atoms with van der Waals surface area (Å²) in [5.41, 5.74) is 1.89. The first-order valence-electron chi connectivity index (χ1n) is 14.7. The van der Waals surface area contributed by atoms with Crippen LogP contribution in [0.25, 0.3) is 0 Å². The highest BCUT2D eigenvalue weighted by molar-refractivity contribution is 5.80. The monoisotopic (exact) mass is 540 g/mol. The number of halogens is 2. The predicted octanol–water partition coefficient (Wildman–Crippen LogP) is 5.02. The van der Waals surface area contributed by atoms with Crippen LogP contribution in [0.15, 0.2) is 36.5 Å². The number of aromatic nitrogens is 1. The van der Waals surface area contributed by atoms with E-state index in [-0.39, 0.29) is 11.8 Å². The molecular weight excluding hydrogens is 498 g/mol. The van der Waals surface area contributed by atoms with Crippen molar-refractivity contribution in [2.45, 2.75) is 46.0 Å². The minimum Gasteiger partial charge on any atom is -0.478 e. The van der Waals surface area contributed by atoms with Crippen molar-refractivity contribution in [2.24, 2.45) is 23.7 Å². The number of carbonyl (C=O) groups is 1. The number of hydrogen-bond acceptors (Lipinski definition) is 5. The van der Waals surface area contributed by atoms with E-state index in [1.807, 2.05) is 29.0 Å². The number of likely N-dealkylation sites (tertiary alicyclic amines) is 1. The summed E-state index contributed by atoms with van der Waals surface area (Å²) in [5, 5.41) is 0. The molecule has 39 heavy (non-hydrogen) atoms. The molecule has 0 N–H and O–H groups in total. The molecule has 2 aromatic rings. The van der Waals surface area contributed by atoms with Gasteiger partial charge >= 0.3 is 0 Å².